The molecular weight excluding hydrogens is 222 g/mol. The van der Waals surface area contributed by atoms with Crippen LogP contribution in [-0.4, -0.2) is 18.7 Å². The second-order valence-electron chi connectivity index (χ2n) is 5.52. The molecule has 96 valence electrons. The SMILES string of the molecule is C#CC(C)(C)NC1CC(c2ccccc2OC)C1. The van der Waals surface area contributed by atoms with Crippen LogP contribution in [0.2, 0.25) is 0 Å². The highest BCUT2D eigenvalue weighted by molar-refractivity contribution is 5.38. The van der Waals surface area contributed by atoms with Gasteiger partial charge in [0.25, 0.3) is 0 Å². The van der Waals surface area contributed by atoms with Gasteiger partial charge in [-0.15, -0.1) is 6.42 Å². The Morgan fingerprint density at radius 3 is 2.61 bits per heavy atom. The normalized spacial score (nSPS) is 23.0. The Labute approximate surface area is 110 Å². The molecule has 0 unspecified atom stereocenters. The first-order valence-corrected chi connectivity index (χ1v) is 6.44. The third-order valence-corrected chi connectivity index (χ3v) is 3.64. The highest BCUT2D eigenvalue weighted by Crippen LogP contribution is 2.41. The molecule has 1 N–H and O–H groups in total. The maximum absolute atomic E-state index is 5.49. The predicted molar refractivity (Wildman–Crippen MR) is 74.8 cm³/mol. The fourth-order valence-corrected chi connectivity index (χ4v) is 2.55. The molecule has 0 bridgehead atoms. The third-order valence-electron chi connectivity index (χ3n) is 3.64. The van der Waals surface area contributed by atoms with Crippen molar-refractivity contribution in [2.45, 2.75) is 44.2 Å². The fourth-order valence-electron chi connectivity index (χ4n) is 2.55. The van der Waals surface area contributed by atoms with Crippen LogP contribution in [0.5, 0.6) is 5.75 Å². The molecule has 0 aromatic heterocycles. The second kappa shape index (κ2) is 5.04. The Morgan fingerprint density at radius 2 is 2.00 bits per heavy atom. The van der Waals surface area contributed by atoms with Crippen LogP contribution in [0.25, 0.3) is 0 Å². The smallest absolute Gasteiger partial charge is 0.122 e. The Bertz CT molecular complexity index is 452. The summed E-state index contributed by atoms with van der Waals surface area (Å²) in [5.41, 5.74) is 1.10. The predicted octanol–water partition coefficient (Wildman–Crippen LogP) is 2.94. The molecule has 2 rings (SSSR count). The molecule has 2 nitrogen and oxygen atoms in total. The molecule has 0 spiro atoms. The van der Waals surface area contributed by atoms with E-state index in [0.717, 1.165) is 18.6 Å². The van der Waals surface area contributed by atoms with E-state index < -0.39 is 0 Å². The van der Waals surface area contributed by atoms with Gasteiger partial charge in [-0.3, -0.25) is 5.32 Å². The molecule has 0 amide bonds. The molecule has 1 aromatic rings. The van der Waals surface area contributed by atoms with E-state index in [0.29, 0.717) is 12.0 Å². The van der Waals surface area contributed by atoms with Crippen molar-refractivity contribution in [3.8, 4) is 18.1 Å². The van der Waals surface area contributed by atoms with Gasteiger partial charge in [-0.25, -0.2) is 0 Å². The maximum Gasteiger partial charge on any atom is 0.122 e. The first kappa shape index (κ1) is 13.0. The molecule has 0 saturated heterocycles. The van der Waals surface area contributed by atoms with Crippen LogP contribution in [0.3, 0.4) is 0 Å². The molecule has 1 saturated carbocycles. The second-order valence-corrected chi connectivity index (χ2v) is 5.52. The Kier molecular flexibility index (Phi) is 3.63. The van der Waals surface area contributed by atoms with Crippen molar-refractivity contribution in [1.29, 1.82) is 0 Å². The first-order chi connectivity index (χ1) is 8.55. The van der Waals surface area contributed by atoms with E-state index in [1.165, 1.54) is 5.56 Å². The number of rotatable bonds is 4. The fraction of sp³-hybridized carbons (Fsp3) is 0.500. The van der Waals surface area contributed by atoms with E-state index in [2.05, 4.69) is 23.4 Å². The van der Waals surface area contributed by atoms with Gasteiger partial charge in [0.15, 0.2) is 0 Å². The summed E-state index contributed by atoms with van der Waals surface area (Å²) in [6, 6.07) is 8.79. The van der Waals surface area contributed by atoms with Gasteiger partial charge in [-0.1, -0.05) is 24.1 Å². The minimum atomic E-state index is -0.212. The van der Waals surface area contributed by atoms with Crippen LogP contribution in [0.1, 0.15) is 38.2 Å². The Hall–Kier alpha value is -1.46. The van der Waals surface area contributed by atoms with Crippen molar-refractivity contribution in [1.82, 2.24) is 5.32 Å². The summed E-state index contributed by atoms with van der Waals surface area (Å²) < 4.78 is 5.41. The van der Waals surface area contributed by atoms with Crippen molar-refractivity contribution >= 4 is 0 Å². The molecule has 0 atom stereocenters. The molecule has 1 fully saturated rings. The van der Waals surface area contributed by atoms with Gasteiger partial charge >= 0.3 is 0 Å². The molecule has 0 aliphatic heterocycles. The van der Waals surface area contributed by atoms with Gasteiger partial charge in [0.05, 0.1) is 12.6 Å². The third kappa shape index (κ3) is 2.68. The Balaban J connectivity index is 1.95. The minimum absolute atomic E-state index is 0.212. The zero-order valence-corrected chi connectivity index (χ0v) is 11.4. The molecule has 18 heavy (non-hydrogen) atoms. The van der Waals surface area contributed by atoms with Crippen LogP contribution in [0, 0.1) is 12.3 Å². The highest BCUT2D eigenvalue weighted by Gasteiger charge is 2.34. The number of ether oxygens (including phenoxy) is 1. The average molecular weight is 243 g/mol. The summed E-state index contributed by atoms with van der Waals surface area (Å²) in [5.74, 6) is 4.37. The molecule has 2 heteroatoms. The summed E-state index contributed by atoms with van der Waals surface area (Å²) in [6.45, 7) is 4.09. The van der Waals surface area contributed by atoms with Crippen LogP contribution in [0.4, 0.5) is 0 Å². The van der Waals surface area contributed by atoms with E-state index in [-0.39, 0.29) is 5.54 Å². The number of para-hydroxylation sites is 1. The lowest BCUT2D eigenvalue weighted by Crippen LogP contribution is -2.50. The zero-order valence-electron chi connectivity index (χ0n) is 11.4. The Morgan fingerprint density at radius 1 is 1.33 bits per heavy atom. The number of methoxy groups -OCH3 is 1. The van der Waals surface area contributed by atoms with Gasteiger partial charge in [0, 0.05) is 6.04 Å². The lowest BCUT2D eigenvalue weighted by molar-refractivity contribution is 0.248. The quantitative estimate of drug-likeness (QED) is 0.821. The van der Waals surface area contributed by atoms with Crippen molar-refractivity contribution in [2.24, 2.45) is 0 Å². The summed E-state index contributed by atoms with van der Waals surface area (Å²) in [4.78, 5) is 0. The number of terminal acetylenes is 1. The van der Waals surface area contributed by atoms with E-state index >= 15 is 0 Å². The standard InChI is InChI=1S/C16H21NO/c1-5-16(2,3)17-13-10-12(11-13)14-8-6-7-9-15(14)18-4/h1,6-9,12-13,17H,10-11H2,2-4H3. The lowest BCUT2D eigenvalue weighted by atomic mass is 9.74. The largest absolute Gasteiger partial charge is 0.496 e. The lowest BCUT2D eigenvalue weighted by Gasteiger charge is -2.40. The van der Waals surface area contributed by atoms with Gasteiger partial charge in [0.2, 0.25) is 0 Å². The van der Waals surface area contributed by atoms with E-state index in [4.69, 9.17) is 11.2 Å². The molecule has 1 aromatic carbocycles. The molecule has 1 aliphatic rings. The number of nitrogens with one attached hydrogen (secondary N) is 1. The van der Waals surface area contributed by atoms with Crippen LogP contribution < -0.4 is 10.1 Å². The number of hydrogen-bond donors (Lipinski definition) is 1. The average Bonchev–Trinajstić information content (AvgIpc) is 2.33. The molecule has 0 heterocycles. The molecule has 0 radical (unpaired) electrons. The zero-order chi connectivity index (χ0) is 13.2. The van der Waals surface area contributed by atoms with Gasteiger partial charge in [-0.2, -0.15) is 0 Å². The maximum atomic E-state index is 5.49. The van der Waals surface area contributed by atoms with E-state index in [1.807, 2.05) is 26.0 Å². The molecule has 1 aliphatic carbocycles. The number of benzene rings is 1. The van der Waals surface area contributed by atoms with Crippen LogP contribution >= 0.6 is 0 Å². The van der Waals surface area contributed by atoms with Crippen molar-refractivity contribution < 1.29 is 4.74 Å². The van der Waals surface area contributed by atoms with E-state index in [1.54, 1.807) is 7.11 Å². The van der Waals surface area contributed by atoms with Gasteiger partial charge < -0.3 is 4.74 Å². The van der Waals surface area contributed by atoms with E-state index in [9.17, 15) is 0 Å². The molecular formula is C16H21NO. The first-order valence-electron chi connectivity index (χ1n) is 6.44. The summed E-state index contributed by atoms with van der Waals surface area (Å²) >= 11 is 0. The highest BCUT2D eigenvalue weighted by atomic mass is 16.5. The number of hydrogen-bond acceptors (Lipinski definition) is 2. The summed E-state index contributed by atoms with van der Waals surface area (Å²) in [5, 5.41) is 3.50. The monoisotopic (exact) mass is 243 g/mol. The summed E-state index contributed by atoms with van der Waals surface area (Å²) in [6.07, 6.45) is 7.75. The van der Waals surface area contributed by atoms with Crippen molar-refractivity contribution in [3.63, 3.8) is 0 Å². The van der Waals surface area contributed by atoms with Crippen LogP contribution in [0.15, 0.2) is 24.3 Å². The van der Waals surface area contributed by atoms with Crippen molar-refractivity contribution in [3.05, 3.63) is 29.8 Å². The topological polar surface area (TPSA) is 21.3 Å². The minimum Gasteiger partial charge on any atom is -0.496 e. The van der Waals surface area contributed by atoms with Gasteiger partial charge in [0.1, 0.15) is 5.75 Å². The van der Waals surface area contributed by atoms with Crippen LogP contribution in [-0.2, 0) is 0 Å². The summed E-state index contributed by atoms with van der Waals surface area (Å²) in [7, 11) is 1.73. The van der Waals surface area contributed by atoms with Crippen molar-refractivity contribution in [2.75, 3.05) is 7.11 Å². The van der Waals surface area contributed by atoms with Gasteiger partial charge in [-0.05, 0) is 44.2 Å².